The number of hydrogen-bond donors (Lipinski definition) is 0. The molecule has 0 radical (unpaired) electrons. The van der Waals surface area contributed by atoms with Crippen LogP contribution in [0, 0.1) is 13.8 Å². The largest absolute Gasteiger partial charge is 0.277 e. The highest BCUT2D eigenvalue weighted by atomic mass is 79.9. The summed E-state index contributed by atoms with van der Waals surface area (Å²) >= 11 is 3.26. The van der Waals surface area contributed by atoms with Crippen molar-refractivity contribution in [2.45, 2.75) is 78.9 Å². The molecular weight excluding hydrogens is 773 g/mol. The van der Waals surface area contributed by atoms with Crippen molar-refractivity contribution in [2.24, 2.45) is 0 Å². The quantitative estimate of drug-likeness (QED) is 0.107. The van der Waals surface area contributed by atoms with Gasteiger partial charge >= 0.3 is 0 Å². The number of anilines is 1. The van der Waals surface area contributed by atoms with Gasteiger partial charge in [-0.2, -0.15) is 3.71 Å². The molecule has 0 unspecified atom stereocenters. The lowest BCUT2D eigenvalue weighted by atomic mass is 10.1. The van der Waals surface area contributed by atoms with Crippen LogP contribution in [0.15, 0.2) is 121 Å². The van der Waals surface area contributed by atoms with Crippen LogP contribution in [-0.4, -0.2) is 43.9 Å². The molecule has 0 heterocycles. The summed E-state index contributed by atoms with van der Waals surface area (Å²) in [6, 6.07) is 21.0. The SMILES string of the molecule is CCCCCCCCN(S(=O)(=O)c1ccc(Br)cc1)S(=O)(=O)c1ccc(N(S(=O)(=O)c2ccc(C)cc2)S(=O)(=O)c2ccc(C)cc2)cc1. The van der Waals surface area contributed by atoms with Crippen LogP contribution in [0.4, 0.5) is 5.69 Å². The van der Waals surface area contributed by atoms with E-state index in [9.17, 15) is 33.7 Å². The van der Waals surface area contributed by atoms with Gasteiger partial charge in [0.05, 0.1) is 25.3 Å². The van der Waals surface area contributed by atoms with Gasteiger partial charge in [0.25, 0.3) is 40.1 Å². The van der Waals surface area contributed by atoms with E-state index >= 15 is 0 Å². The minimum atomic E-state index is -4.75. The number of rotatable bonds is 16. The summed E-state index contributed by atoms with van der Waals surface area (Å²) in [6.45, 7) is 5.26. The number of hydrogen-bond acceptors (Lipinski definition) is 8. The Hall–Kier alpha value is -3.08. The van der Waals surface area contributed by atoms with Gasteiger partial charge in [-0.15, -0.1) is 0 Å². The van der Waals surface area contributed by atoms with Crippen LogP contribution in [0.1, 0.15) is 56.6 Å². The lowest BCUT2D eigenvalue weighted by molar-refractivity contribution is 0.479. The van der Waals surface area contributed by atoms with E-state index in [4.69, 9.17) is 0 Å². The fourth-order valence-electron chi connectivity index (χ4n) is 4.99. The van der Waals surface area contributed by atoms with E-state index in [0.717, 1.165) is 61.1 Å². The van der Waals surface area contributed by atoms with Crippen LogP contribution in [0.2, 0.25) is 0 Å². The van der Waals surface area contributed by atoms with Crippen LogP contribution in [0.5, 0.6) is 0 Å². The number of nitrogens with zero attached hydrogens (tertiary/aromatic N) is 2. The van der Waals surface area contributed by atoms with Gasteiger partial charge in [-0.25, -0.2) is 33.7 Å². The topological polar surface area (TPSA) is 143 Å². The minimum absolute atomic E-state index is 0.221. The number of halogens is 1. The molecule has 0 atom stereocenters. The van der Waals surface area contributed by atoms with Gasteiger partial charge in [0, 0.05) is 11.0 Å². The molecule has 0 aliphatic carbocycles. The normalized spacial score (nSPS) is 12.7. The highest BCUT2D eigenvalue weighted by Crippen LogP contribution is 2.33. The van der Waals surface area contributed by atoms with Crippen molar-refractivity contribution in [3.05, 3.63) is 113 Å². The second-order valence-corrected chi connectivity index (χ2v) is 20.2. The van der Waals surface area contributed by atoms with Crippen molar-refractivity contribution in [3.63, 3.8) is 0 Å². The lowest BCUT2D eigenvalue weighted by Crippen LogP contribution is -2.38. The Bertz CT molecular complexity index is 2100. The third-order valence-electron chi connectivity index (χ3n) is 7.76. The molecular formula is C34H39BrN2O8S4. The van der Waals surface area contributed by atoms with Crippen LogP contribution in [-0.2, 0) is 40.1 Å². The van der Waals surface area contributed by atoms with Crippen LogP contribution in [0.3, 0.4) is 0 Å². The molecule has 4 aromatic rings. The summed E-state index contributed by atoms with van der Waals surface area (Å²) < 4.78 is 113. The molecule has 10 nitrogen and oxygen atoms in total. The van der Waals surface area contributed by atoms with Gasteiger partial charge in [0.1, 0.15) is 0 Å². The molecule has 0 bridgehead atoms. The van der Waals surface area contributed by atoms with Crippen molar-refractivity contribution in [1.29, 1.82) is 0 Å². The number of unbranched alkanes of at least 4 members (excludes halogenated alkanes) is 5. The molecule has 264 valence electrons. The Labute approximate surface area is 299 Å². The zero-order valence-electron chi connectivity index (χ0n) is 27.4. The predicted octanol–water partition coefficient (Wildman–Crippen LogP) is 7.39. The second-order valence-electron chi connectivity index (χ2n) is 11.6. The van der Waals surface area contributed by atoms with E-state index in [-0.39, 0.29) is 37.0 Å². The van der Waals surface area contributed by atoms with Crippen LogP contribution in [0.25, 0.3) is 0 Å². The fraction of sp³-hybridized carbons (Fsp3) is 0.294. The standard InChI is InChI=1S/C34H39BrN2O8S4/c1-4-5-6-7-8-9-26-36(46(38,39)31-22-14-29(35)15-23-31)47(40,41)32-24-16-30(17-25-32)37(48(42,43)33-18-10-27(2)11-19-33)49(44,45)34-20-12-28(3)13-21-34/h10-25H,4-9,26H2,1-3H3. The molecule has 4 aromatic carbocycles. The Morgan fingerprint density at radius 1 is 0.469 bits per heavy atom. The summed E-state index contributed by atoms with van der Waals surface area (Å²) in [5, 5.41) is 0. The van der Waals surface area contributed by atoms with E-state index < -0.39 is 45.0 Å². The van der Waals surface area contributed by atoms with E-state index in [1.165, 1.54) is 72.8 Å². The van der Waals surface area contributed by atoms with E-state index in [1.54, 1.807) is 13.8 Å². The minimum Gasteiger partial charge on any atom is -0.206 e. The molecule has 49 heavy (non-hydrogen) atoms. The molecule has 0 spiro atoms. The first-order valence-electron chi connectivity index (χ1n) is 15.6. The molecule has 0 saturated carbocycles. The summed E-state index contributed by atoms with van der Waals surface area (Å²) in [5.74, 6) is 0. The Morgan fingerprint density at radius 3 is 1.24 bits per heavy atom. The average molecular weight is 812 g/mol. The molecule has 15 heteroatoms. The molecule has 0 saturated heterocycles. The van der Waals surface area contributed by atoms with Crippen molar-refractivity contribution < 1.29 is 33.7 Å². The lowest BCUT2D eigenvalue weighted by Gasteiger charge is -2.25. The van der Waals surface area contributed by atoms with E-state index in [2.05, 4.69) is 22.9 Å². The molecule has 0 fully saturated rings. The number of benzene rings is 4. The average Bonchev–Trinajstić information content (AvgIpc) is 3.05. The smallest absolute Gasteiger partial charge is 0.206 e. The van der Waals surface area contributed by atoms with Gasteiger partial charge in [0.2, 0.25) is 0 Å². The van der Waals surface area contributed by atoms with Gasteiger partial charge in [-0.1, -0.05) is 94.1 Å². The third-order valence-corrected chi connectivity index (χ3v) is 16.8. The van der Waals surface area contributed by atoms with Gasteiger partial charge in [0.15, 0.2) is 0 Å². The monoisotopic (exact) mass is 810 g/mol. The van der Waals surface area contributed by atoms with E-state index in [0.29, 0.717) is 14.6 Å². The predicted molar refractivity (Wildman–Crippen MR) is 194 cm³/mol. The summed E-state index contributed by atoms with van der Waals surface area (Å²) in [5.41, 5.74) is 1.15. The summed E-state index contributed by atoms with van der Waals surface area (Å²) in [6.07, 6.45) is 4.69. The van der Waals surface area contributed by atoms with Gasteiger partial charge < -0.3 is 0 Å². The Morgan fingerprint density at radius 2 is 0.816 bits per heavy atom. The van der Waals surface area contributed by atoms with Crippen LogP contribution < -0.4 is 3.71 Å². The maximum Gasteiger partial charge on any atom is 0.277 e. The molecule has 0 amide bonds. The molecule has 4 rings (SSSR count). The Kier molecular flexibility index (Phi) is 12.5. The van der Waals surface area contributed by atoms with Crippen LogP contribution >= 0.6 is 15.9 Å². The van der Waals surface area contributed by atoms with Gasteiger partial charge in [-0.05, 0) is 93.1 Å². The van der Waals surface area contributed by atoms with E-state index in [1.807, 2.05) is 0 Å². The first-order valence-corrected chi connectivity index (χ1v) is 22.2. The summed E-state index contributed by atoms with van der Waals surface area (Å²) in [4.78, 5) is -1.27. The highest BCUT2D eigenvalue weighted by Gasteiger charge is 2.39. The first kappa shape index (κ1) is 38.7. The zero-order valence-corrected chi connectivity index (χ0v) is 32.2. The zero-order chi connectivity index (χ0) is 36.0. The maximum absolute atomic E-state index is 14.1. The second kappa shape index (κ2) is 15.9. The molecule has 0 N–H and O–H groups in total. The first-order chi connectivity index (χ1) is 23.0. The van der Waals surface area contributed by atoms with Crippen molar-refractivity contribution in [2.75, 3.05) is 10.3 Å². The molecule has 0 aliphatic rings. The Balaban J connectivity index is 1.79. The molecule has 0 aromatic heterocycles. The fourth-order valence-corrected chi connectivity index (χ4v) is 12.7. The summed E-state index contributed by atoms with van der Waals surface area (Å²) in [7, 11) is -18.8. The highest BCUT2D eigenvalue weighted by molar-refractivity contribution is 9.10. The van der Waals surface area contributed by atoms with Crippen molar-refractivity contribution in [3.8, 4) is 0 Å². The maximum atomic E-state index is 14.1. The third kappa shape index (κ3) is 8.81. The number of sulfonamides is 4. The van der Waals surface area contributed by atoms with Crippen molar-refractivity contribution in [1.82, 2.24) is 3.71 Å². The number of aryl methyl sites for hydroxylation is 2. The molecule has 0 aliphatic heterocycles. The van der Waals surface area contributed by atoms with Gasteiger partial charge in [-0.3, -0.25) is 0 Å². The van der Waals surface area contributed by atoms with Crippen molar-refractivity contribution >= 4 is 61.7 Å².